The molecule has 1 aromatic rings. The first-order valence-corrected chi connectivity index (χ1v) is 14.2. The Morgan fingerprint density at radius 3 is 1.85 bits per heavy atom. The van der Waals surface area contributed by atoms with Gasteiger partial charge in [0.2, 0.25) is 9.70 Å². The molecular weight excluding hydrogens is 565 g/mol. The van der Waals surface area contributed by atoms with Crippen LogP contribution in [-0.2, 0) is 4.79 Å². The molecule has 0 heterocycles. The average molecular weight is 602 g/mol. The van der Waals surface area contributed by atoms with E-state index in [1.165, 1.54) is 57.8 Å². The molecule has 0 aromatic heterocycles. The van der Waals surface area contributed by atoms with Gasteiger partial charge in [0.15, 0.2) is 5.11 Å². The van der Waals surface area contributed by atoms with Gasteiger partial charge in [0.25, 0.3) is 0 Å². The molecule has 0 aliphatic heterocycles. The van der Waals surface area contributed by atoms with Gasteiger partial charge in [-0.2, -0.15) is 0 Å². The Morgan fingerprint density at radius 1 is 0.879 bits per heavy atom. The van der Waals surface area contributed by atoms with E-state index in [2.05, 4.69) is 38.8 Å². The van der Waals surface area contributed by atoms with Crippen molar-refractivity contribution < 1.29 is 4.79 Å². The van der Waals surface area contributed by atoms with E-state index in [1.54, 1.807) is 0 Å². The summed E-state index contributed by atoms with van der Waals surface area (Å²) < 4.78 is -0.798. The number of carbonyl (C=O) groups excluding carboxylic acids is 1. The molecular formula is C24H37BrCl3N3OS. The van der Waals surface area contributed by atoms with Crippen molar-refractivity contribution in [2.45, 2.75) is 100 Å². The predicted molar refractivity (Wildman–Crippen MR) is 151 cm³/mol. The summed E-state index contributed by atoms with van der Waals surface area (Å²) in [6, 6.07) is 7.48. The molecule has 4 nitrogen and oxygen atoms in total. The van der Waals surface area contributed by atoms with Gasteiger partial charge >= 0.3 is 0 Å². The number of thiocarbonyl (C=S) groups is 1. The molecule has 0 aliphatic carbocycles. The van der Waals surface area contributed by atoms with Gasteiger partial charge in [-0.05, 0) is 42.9 Å². The zero-order chi connectivity index (χ0) is 24.5. The molecule has 1 rings (SSSR count). The molecule has 0 unspecified atom stereocenters. The van der Waals surface area contributed by atoms with Gasteiger partial charge in [-0.15, -0.1) is 0 Å². The van der Waals surface area contributed by atoms with E-state index in [-0.39, 0.29) is 11.0 Å². The van der Waals surface area contributed by atoms with Gasteiger partial charge in [0.05, 0.1) is 0 Å². The Balaban J connectivity index is 2.21. The maximum Gasteiger partial charge on any atom is 0.228 e. The highest BCUT2D eigenvalue weighted by Crippen LogP contribution is 2.29. The van der Waals surface area contributed by atoms with Crippen molar-refractivity contribution in [1.82, 2.24) is 10.6 Å². The number of nitrogens with one attached hydrogen (secondary N) is 3. The SMILES string of the molecule is CCCCCCCCCCCCCCC(=O)N[C@@H](NC(=S)Nc1ccc(Br)cc1)C(Cl)(Cl)Cl. The van der Waals surface area contributed by atoms with Crippen molar-refractivity contribution in [2.24, 2.45) is 0 Å². The molecule has 1 atom stereocenters. The van der Waals surface area contributed by atoms with Crippen molar-refractivity contribution in [3.63, 3.8) is 0 Å². The fraction of sp³-hybridized carbons (Fsp3) is 0.667. The molecule has 0 spiro atoms. The van der Waals surface area contributed by atoms with Crippen LogP contribution in [0.4, 0.5) is 5.69 Å². The third-order valence-electron chi connectivity index (χ3n) is 5.27. The van der Waals surface area contributed by atoms with E-state index in [0.29, 0.717) is 6.42 Å². The lowest BCUT2D eigenvalue weighted by molar-refractivity contribution is -0.122. The first-order valence-electron chi connectivity index (χ1n) is 11.9. The fourth-order valence-corrected chi connectivity index (χ4v) is 4.22. The highest BCUT2D eigenvalue weighted by molar-refractivity contribution is 9.10. The van der Waals surface area contributed by atoms with E-state index < -0.39 is 9.96 Å². The largest absolute Gasteiger partial charge is 0.339 e. The zero-order valence-electron chi connectivity index (χ0n) is 19.4. The van der Waals surface area contributed by atoms with E-state index in [0.717, 1.165) is 29.4 Å². The van der Waals surface area contributed by atoms with E-state index in [9.17, 15) is 4.79 Å². The second-order valence-corrected chi connectivity index (χ2v) is 12.0. The van der Waals surface area contributed by atoms with Crippen LogP contribution in [0, 0.1) is 0 Å². The third-order valence-corrected chi connectivity index (χ3v) is 6.67. The van der Waals surface area contributed by atoms with Crippen molar-refractivity contribution >= 4 is 79.7 Å². The van der Waals surface area contributed by atoms with Crippen molar-refractivity contribution in [1.29, 1.82) is 0 Å². The minimum Gasteiger partial charge on any atom is -0.339 e. The summed E-state index contributed by atoms with van der Waals surface area (Å²) in [5.41, 5.74) is 0.779. The highest BCUT2D eigenvalue weighted by atomic mass is 79.9. The zero-order valence-corrected chi connectivity index (χ0v) is 24.1. The Bertz CT molecular complexity index is 687. The van der Waals surface area contributed by atoms with Gasteiger partial charge in [0, 0.05) is 16.6 Å². The van der Waals surface area contributed by atoms with Crippen LogP contribution in [0.1, 0.15) is 90.4 Å². The molecule has 0 saturated carbocycles. The van der Waals surface area contributed by atoms with Crippen LogP contribution in [0.2, 0.25) is 0 Å². The van der Waals surface area contributed by atoms with Crippen LogP contribution in [0.25, 0.3) is 0 Å². The normalized spacial score (nSPS) is 12.3. The minimum absolute atomic E-state index is 0.169. The van der Waals surface area contributed by atoms with Crippen LogP contribution in [-0.4, -0.2) is 21.0 Å². The van der Waals surface area contributed by atoms with Gasteiger partial charge in [-0.3, -0.25) is 4.79 Å². The molecule has 0 fully saturated rings. The quantitative estimate of drug-likeness (QED) is 0.0768. The molecule has 188 valence electrons. The van der Waals surface area contributed by atoms with E-state index in [4.69, 9.17) is 47.0 Å². The second kappa shape index (κ2) is 18.1. The number of rotatable bonds is 16. The Morgan fingerprint density at radius 2 is 1.36 bits per heavy atom. The molecule has 3 N–H and O–H groups in total. The fourth-order valence-electron chi connectivity index (χ4n) is 3.39. The number of hydrogen-bond acceptors (Lipinski definition) is 2. The maximum absolute atomic E-state index is 12.4. The lowest BCUT2D eigenvalue weighted by Crippen LogP contribution is -2.56. The summed E-state index contributed by atoms with van der Waals surface area (Å²) in [5.74, 6) is -0.169. The lowest BCUT2D eigenvalue weighted by Gasteiger charge is -2.27. The topological polar surface area (TPSA) is 53.2 Å². The Labute approximate surface area is 228 Å². The first-order chi connectivity index (χ1) is 15.7. The summed E-state index contributed by atoms with van der Waals surface area (Å²) in [6.45, 7) is 2.25. The molecule has 33 heavy (non-hydrogen) atoms. The van der Waals surface area contributed by atoms with Gasteiger partial charge in [-0.25, -0.2) is 0 Å². The predicted octanol–water partition coefficient (Wildman–Crippen LogP) is 8.64. The van der Waals surface area contributed by atoms with Crippen LogP contribution in [0.5, 0.6) is 0 Å². The number of amides is 1. The molecule has 1 aromatic carbocycles. The van der Waals surface area contributed by atoms with Gasteiger partial charge < -0.3 is 16.0 Å². The Kier molecular flexibility index (Phi) is 16.8. The number of anilines is 1. The molecule has 0 bridgehead atoms. The number of halogens is 4. The smallest absolute Gasteiger partial charge is 0.228 e. The summed E-state index contributed by atoms with van der Waals surface area (Å²) in [6.07, 6.45) is 14.4. The number of carbonyl (C=O) groups is 1. The first kappa shape index (κ1) is 30.8. The molecule has 1 amide bonds. The lowest BCUT2D eigenvalue weighted by atomic mass is 10.0. The van der Waals surface area contributed by atoms with Crippen LogP contribution < -0.4 is 16.0 Å². The van der Waals surface area contributed by atoms with Crippen LogP contribution >= 0.6 is 63.0 Å². The molecule has 0 radical (unpaired) electrons. The molecule has 0 saturated heterocycles. The average Bonchev–Trinajstić information content (AvgIpc) is 2.75. The Hall–Kier alpha value is -0.270. The van der Waals surface area contributed by atoms with E-state index in [1.807, 2.05) is 24.3 Å². The summed E-state index contributed by atoms with van der Waals surface area (Å²) in [5, 5.41) is 8.88. The minimum atomic E-state index is -1.75. The number of alkyl halides is 3. The number of unbranched alkanes of at least 4 members (excludes halogenated alkanes) is 11. The highest BCUT2D eigenvalue weighted by Gasteiger charge is 2.34. The molecule has 0 aliphatic rings. The summed E-state index contributed by atoms with van der Waals surface area (Å²) in [4.78, 5) is 12.4. The summed E-state index contributed by atoms with van der Waals surface area (Å²) in [7, 11) is 0. The van der Waals surface area contributed by atoms with Crippen molar-refractivity contribution in [3.8, 4) is 0 Å². The van der Waals surface area contributed by atoms with Crippen LogP contribution in [0.3, 0.4) is 0 Å². The monoisotopic (exact) mass is 599 g/mol. The third kappa shape index (κ3) is 16.1. The van der Waals surface area contributed by atoms with E-state index >= 15 is 0 Å². The maximum atomic E-state index is 12.4. The standard InChI is InChI=1S/C24H37BrCl3N3OS/c1-2-3-4-5-6-7-8-9-10-11-12-13-14-21(32)30-22(24(26,27)28)31-23(33)29-20-17-15-19(25)16-18-20/h15-18,22H,2-14H2,1H3,(H,30,32)(H2,29,31,33)/t22-/m0/s1. The summed E-state index contributed by atoms with van der Waals surface area (Å²) >= 11 is 26.8. The van der Waals surface area contributed by atoms with Crippen molar-refractivity contribution in [3.05, 3.63) is 28.7 Å². The van der Waals surface area contributed by atoms with Gasteiger partial charge in [-0.1, -0.05) is 128 Å². The van der Waals surface area contributed by atoms with Crippen LogP contribution in [0.15, 0.2) is 28.7 Å². The number of benzene rings is 1. The second-order valence-electron chi connectivity index (χ2n) is 8.29. The molecule has 9 heteroatoms. The number of hydrogen-bond donors (Lipinski definition) is 3. The van der Waals surface area contributed by atoms with Crippen molar-refractivity contribution in [2.75, 3.05) is 5.32 Å². The van der Waals surface area contributed by atoms with Gasteiger partial charge in [0.1, 0.15) is 6.17 Å².